The molecule has 0 radical (unpaired) electrons. The van der Waals surface area contributed by atoms with Crippen LogP contribution in [0.25, 0.3) is 0 Å². The Morgan fingerprint density at radius 3 is 3.14 bits per heavy atom. The van der Waals surface area contributed by atoms with Gasteiger partial charge in [-0.05, 0) is 15.9 Å². The maximum atomic E-state index is 13.2. The van der Waals surface area contributed by atoms with E-state index in [9.17, 15) is 9.18 Å². The topological polar surface area (TPSA) is 51.2 Å². The number of pyridine rings is 1. The standard InChI is InChI=1S/C8H8BrFN2O2/c1-11-6(13)4-14-5-2-3-12-8(9)7(5)10/h2-3H,4H2,1H3,(H,11,13). The molecule has 76 valence electrons. The molecular weight excluding hydrogens is 255 g/mol. The molecule has 1 aromatic heterocycles. The summed E-state index contributed by atoms with van der Waals surface area (Å²) in [5, 5.41) is 2.36. The summed E-state index contributed by atoms with van der Waals surface area (Å²) < 4.78 is 18.2. The third-order valence-corrected chi connectivity index (χ3v) is 2.00. The third kappa shape index (κ3) is 2.66. The van der Waals surface area contributed by atoms with Gasteiger partial charge in [0, 0.05) is 19.3 Å². The molecule has 0 saturated heterocycles. The van der Waals surface area contributed by atoms with E-state index in [2.05, 4.69) is 26.2 Å². The van der Waals surface area contributed by atoms with Gasteiger partial charge in [0.25, 0.3) is 5.91 Å². The van der Waals surface area contributed by atoms with Crippen molar-refractivity contribution in [2.24, 2.45) is 0 Å². The second kappa shape index (κ2) is 4.90. The number of rotatable bonds is 3. The maximum Gasteiger partial charge on any atom is 0.257 e. The van der Waals surface area contributed by atoms with Crippen molar-refractivity contribution >= 4 is 21.8 Å². The van der Waals surface area contributed by atoms with Gasteiger partial charge in [0.1, 0.15) is 4.60 Å². The highest BCUT2D eigenvalue weighted by molar-refractivity contribution is 9.10. The van der Waals surface area contributed by atoms with Crippen LogP contribution in [0.5, 0.6) is 5.75 Å². The van der Waals surface area contributed by atoms with Crippen LogP contribution in [0.1, 0.15) is 0 Å². The highest BCUT2D eigenvalue weighted by Gasteiger charge is 2.09. The first-order valence-electron chi connectivity index (χ1n) is 3.78. The molecule has 1 rings (SSSR count). The lowest BCUT2D eigenvalue weighted by molar-refractivity contribution is -0.122. The first kappa shape index (κ1) is 10.9. The van der Waals surface area contributed by atoms with Gasteiger partial charge in [-0.2, -0.15) is 4.39 Å². The number of likely N-dealkylation sites (N-methyl/N-ethyl adjacent to an activating group) is 1. The van der Waals surface area contributed by atoms with Gasteiger partial charge in [-0.25, -0.2) is 4.98 Å². The minimum atomic E-state index is -0.614. The number of hydrogen-bond acceptors (Lipinski definition) is 3. The Balaban J connectivity index is 2.68. The molecule has 14 heavy (non-hydrogen) atoms. The quantitative estimate of drug-likeness (QED) is 0.831. The average Bonchev–Trinajstić information content (AvgIpc) is 2.20. The zero-order valence-electron chi connectivity index (χ0n) is 7.38. The van der Waals surface area contributed by atoms with Crippen LogP contribution in [-0.2, 0) is 4.79 Å². The van der Waals surface area contributed by atoms with Crippen molar-refractivity contribution in [1.82, 2.24) is 10.3 Å². The van der Waals surface area contributed by atoms with Gasteiger partial charge in [0.05, 0.1) is 0 Å². The molecule has 0 spiro atoms. The monoisotopic (exact) mass is 262 g/mol. The van der Waals surface area contributed by atoms with Crippen molar-refractivity contribution < 1.29 is 13.9 Å². The van der Waals surface area contributed by atoms with Crippen LogP contribution in [0.3, 0.4) is 0 Å². The molecule has 1 heterocycles. The smallest absolute Gasteiger partial charge is 0.257 e. The zero-order valence-corrected chi connectivity index (χ0v) is 8.97. The van der Waals surface area contributed by atoms with Gasteiger partial charge >= 0.3 is 0 Å². The summed E-state index contributed by atoms with van der Waals surface area (Å²) in [5.41, 5.74) is 0. The largest absolute Gasteiger partial charge is 0.481 e. The number of hydrogen-bond donors (Lipinski definition) is 1. The predicted molar refractivity (Wildman–Crippen MR) is 51.5 cm³/mol. The Hall–Kier alpha value is -1.17. The van der Waals surface area contributed by atoms with E-state index in [1.165, 1.54) is 19.3 Å². The number of carbonyl (C=O) groups is 1. The maximum absolute atomic E-state index is 13.2. The van der Waals surface area contributed by atoms with Crippen LogP contribution in [0.4, 0.5) is 4.39 Å². The van der Waals surface area contributed by atoms with Crippen molar-refractivity contribution in [3.05, 3.63) is 22.7 Å². The Labute approximate surface area is 88.6 Å². The van der Waals surface area contributed by atoms with E-state index < -0.39 is 5.82 Å². The Bertz CT molecular complexity index is 346. The lowest BCUT2D eigenvalue weighted by atomic mass is 10.4. The average molecular weight is 263 g/mol. The molecule has 0 aliphatic carbocycles. The minimum absolute atomic E-state index is 0.00419. The Morgan fingerprint density at radius 1 is 1.79 bits per heavy atom. The molecular formula is C8H8BrFN2O2. The lowest BCUT2D eigenvalue weighted by Crippen LogP contribution is -2.25. The van der Waals surface area contributed by atoms with E-state index >= 15 is 0 Å². The highest BCUT2D eigenvalue weighted by atomic mass is 79.9. The molecule has 0 atom stereocenters. The molecule has 0 saturated carbocycles. The summed E-state index contributed by atoms with van der Waals surface area (Å²) in [6.07, 6.45) is 1.38. The van der Waals surface area contributed by atoms with Gasteiger partial charge in [-0.3, -0.25) is 4.79 Å². The molecule has 0 bridgehead atoms. The molecule has 0 unspecified atom stereocenters. The van der Waals surface area contributed by atoms with Gasteiger partial charge in [-0.15, -0.1) is 0 Å². The number of carbonyl (C=O) groups excluding carboxylic acids is 1. The molecule has 6 heteroatoms. The number of amides is 1. The summed E-state index contributed by atoms with van der Waals surface area (Å²) in [7, 11) is 1.48. The number of halogens is 2. The van der Waals surface area contributed by atoms with Crippen molar-refractivity contribution in [2.45, 2.75) is 0 Å². The summed E-state index contributed by atoms with van der Waals surface area (Å²) in [4.78, 5) is 14.4. The summed E-state index contributed by atoms with van der Waals surface area (Å²) in [6.45, 7) is -0.218. The highest BCUT2D eigenvalue weighted by Crippen LogP contribution is 2.21. The number of ether oxygens (including phenoxy) is 1. The van der Waals surface area contributed by atoms with Gasteiger partial charge in [0.2, 0.25) is 0 Å². The number of nitrogens with one attached hydrogen (secondary N) is 1. The van der Waals surface area contributed by atoms with E-state index in [1.807, 2.05) is 0 Å². The van der Waals surface area contributed by atoms with E-state index in [-0.39, 0.29) is 22.9 Å². The zero-order chi connectivity index (χ0) is 10.6. The van der Waals surface area contributed by atoms with E-state index in [0.717, 1.165) is 0 Å². The molecule has 0 fully saturated rings. The lowest BCUT2D eigenvalue weighted by Gasteiger charge is -2.05. The van der Waals surface area contributed by atoms with Crippen LogP contribution in [0, 0.1) is 5.82 Å². The minimum Gasteiger partial charge on any atom is -0.481 e. The van der Waals surface area contributed by atoms with Crippen LogP contribution in [0.15, 0.2) is 16.9 Å². The normalized spacial score (nSPS) is 9.64. The summed E-state index contributed by atoms with van der Waals surface area (Å²) in [6, 6.07) is 1.35. The fraction of sp³-hybridized carbons (Fsp3) is 0.250. The van der Waals surface area contributed by atoms with Crippen LogP contribution in [0.2, 0.25) is 0 Å². The Morgan fingerprint density at radius 2 is 2.50 bits per heavy atom. The van der Waals surface area contributed by atoms with Crippen molar-refractivity contribution in [3.63, 3.8) is 0 Å². The molecule has 0 aromatic carbocycles. The molecule has 0 aliphatic rings. The molecule has 0 aliphatic heterocycles. The van der Waals surface area contributed by atoms with Gasteiger partial charge < -0.3 is 10.1 Å². The van der Waals surface area contributed by atoms with Gasteiger partial charge in [-0.1, -0.05) is 0 Å². The molecule has 4 nitrogen and oxygen atoms in total. The van der Waals surface area contributed by atoms with Crippen molar-refractivity contribution in [1.29, 1.82) is 0 Å². The predicted octanol–water partition coefficient (Wildman–Crippen LogP) is 1.11. The molecule has 1 aromatic rings. The van der Waals surface area contributed by atoms with Crippen molar-refractivity contribution in [3.8, 4) is 5.75 Å². The fourth-order valence-corrected chi connectivity index (χ4v) is 1.04. The first-order valence-corrected chi connectivity index (χ1v) is 4.58. The van der Waals surface area contributed by atoms with Gasteiger partial charge in [0.15, 0.2) is 18.2 Å². The third-order valence-electron chi connectivity index (χ3n) is 1.45. The number of nitrogens with zero attached hydrogens (tertiary/aromatic N) is 1. The van der Waals surface area contributed by atoms with E-state index in [0.29, 0.717) is 0 Å². The molecule has 1 amide bonds. The van der Waals surface area contributed by atoms with Crippen LogP contribution < -0.4 is 10.1 Å². The first-order chi connectivity index (χ1) is 6.65. The second-order valence-corrected chi connectivity index (χ2v) is 3.13. The van der Waals surface area contributed by atoms with E-state index in [4.69, 9.17) is 4.74 Å². The fourth-order valence-electron chi connectivity index (χ4n) is 0.729. The number of aromatic nitrogens is 1. The van der Waals surface area contributed by atoms with Crippen LogP contribution >= 0.6 is 15.9 Å². The van der Waals surface area contributed by atoms with Crippen LogP contribution in [-0.4, -0.2) is 24.5 Å². The second-order valence-electron chi connectivity index (χ2n) is 2.38. The van der Waals surface area contributed by atoms with E-state index in [1.54, 1.807) is 0 Å². The molecule has 1 N–H and O–H groups in total. The SMILES string of the molecule is CNC(=O)COc1ccnc(Br)c1F. The van der Waals surface area contributed by atoms with Crippen molar-refractivity contribution in [2.75, 3.05) is 13.7 Å². The Kier molecular flexibility index (Phi) is 3.82. The summed E-state index contributed by atoms with van der Waals surface area (Å²) >= 11 is 2.90. The summed E-state index contributed by atoms with van der Waals surface area (Å²) in [5.74, 6) is -0.941.